The molecule has 0 saturated carbocycles. The van der Waals surface area contributed by atoms with Crippen LogP contribution >= 0.6 is 0 Å². The van der Waals surface area contributed by atoms with Crippen molar-refractivity contribution in [1.29, 1.82) is 0 Å². The Kier molecular flexibility index (Phi) is 5.37. The summed E-state index contributed by atoms with van der Waals surface area (Å²) in [4.78, 5) is 0.308. The highest BCUT2D eigenvalue weighted by atomic mass is 32.2. The van der Waals surface area contributed by atoms with E-state index in [0.29, 0.717) is 10.8 Å². The molecule has 0 aliphatic rings. The van der Waals surface area contributed by atoms with Crippen LogP contribution in [0, 0.1) is 12.8 Å². The second-order valence-corrected chi connectivity index (χ2v) is 7.74. The fourth-order valence-electron chi connectivity index (χ4n) is 2.38. The molecule has 0 heterocycles. The molecule has 0 aliphatic heterocycles. The summed E-state index contributed by atoms with van der Waals surface area (Å²) < 4.78 is 28.0. The maximum atomic E-state index is 12.6. The Balaban J connectivity index is 2.28. The Hall–Kier alpha value is -1.65. The van der Waals surface area contributed by atoms with E-state index in [1.807, 2.05) is 49.4 Å². The average molecular weight is 317 g/mol. The van der Waals surface area contributed by atoms with Crippen LogP contribution in [0.4, 0.5) is 0 Å². The SMILES string of the molecule is Cc1ccc(S(=O)(=O)NC(CC(C)C)c2ccccc2)cc1. The number of aryl methyl sites for hydroxylation is 1. The van der Waals surface area contributed by atoms with Gasteiger partial charge in [0.1, 0.15) is 0 Å². The lowest BCUT2D eigenvalue weighted by Gasteiger charge is -2.21. The standard InChI is InChI=1S/C18H23NO2S/c1-14(2)13-18(16-7-5-4-6-8-16)19-22(20,21)17-11-9-15(3)10-12-17/h4-12,14,18-19H,13H2,1-3H3. The third-order valence-electron chi connectivity index (χ3n) is 3.54. The van der Waals surface area contributed by atoms with E-state index >= 15 is 0 Å². The van der Waals surface area contributed by atoms with Crippen molar-refractivity contribution < 1.29 is 8.42 Å². The van der Waals surface area contributed by atoms with Gasteiger partial charge in [-0.1, -0.05) is 61.9 Å². The van der Waals surface area contributed by atoms with Crippen molar-refractivity contribution in [3.8, 4) is 0 Å². The molecule has 0 aliphatic carbocycles. The van der Waals surface area contributed by atoms with Crippen LogP contribution < -0.4 is 4.72 Å². The van der Waals surface area contributed by atoms with Crippen molar-refractivity contribution in [2.45, 2.75) is 38.1 Å². The van der Waals surface area contributed by atoms with Gasteiger partial charge in [-0.05, 0) is 37.0 Å². The predicted octanol–water partition coefficient (Wildman–Crippen LogP) is 4.06. The molecule has 0 amide bonds. The summed E-state index contributed by atoms with van der Waals surface area (Å²) in [5.74, 6) is 0.394. The van der Waals surface area contributed by atoms with Crippen molar-refractivity contribution in [3.63, 3.8) is 0 Å². The van der Waals surface area contributed by atoms with Crippen LogP contribution in [0.1, 0.15) is 37.4 Å². The molecular formula is C18H23NO2S. The quantitative estimate of drug-likeness (QED) is 0.873. The van der Waals surface area contributed by atoms with Gasteiger partial charge in [-0.3, -0.25) is 0 Å². The van der Waals surface area contributed by atoms with Gasteiger partial charge < -0.3 is 0 Å². The second kappa shape index (κ2) is 7.07. The fraction of sp³-hybridized carbons (Fsp3) is 0.333. The zero-order valence-electron chi connectivity index (χ0n) is 13.3. The molecule has 22 heavy (non-hydrogen) atoms. The van der Waals surface area contributed by atoms with Gasteiger partial charge in [0.2, 0.25) is 10.0 Å². The normalized spacial score (nSPS) is 13.3. The molecule has 1 atom stereocenters. The zero-order chi connectivity index (χ0) is 16.2. The molecule has 1 N–H and O–H groups in total. The molecule has 0 spiro atoms. The molecule has 3 nitrogen and oxygen atoms in total. The first-order valence-electron chi connectivity index (χ1n) is 7.52. The Morgan fingerprint density at radius 3 is 2.09 bits per heavy atom. The van der Waals surface area contributed by atoms with E-state index in [2.05, 4.69) is 18.6 Å². The van der Waals surface area contributed by atoms with Gasteiger partial charge in [0.05, 0.1) is 4.90 Å². The number of rotatable bonds is 6. The fourth-order valence-corrected chi connectivity index (χ4v) is 3.62. The van der Waals surface area contributed by atoms with E-state index in [0.717, 1.165) is 17.5 Å². The minimum atomic E-state index is -3.52. The first-order valence-corrected chi connectivity index (χ1v) is 9.01. The Bertz CT molecular complexity index is 692. The molecule has 0 fully saturated rings. The van der Waals surface area contributed by atoms with Crippen LogP contribution in [-0.2, 0) is 10.0 Å². The summed E-state index contributed by atoms with van der Waals surface area (Å²) in [7, 11) is -3.52. The smallest absolute Gasteiger partial charge is 0.207 e. The lowest BCUT2D eigenvalue weighted by atomic mass is 9.98. The third kappa shape index (κ3) is 4.42. The minimum absolute atomic E-state index is 0.215. The van der Waals surface area contributed by atoms with Gasteiger partial charge in [-0.15, -0.1) is 0 Å². The molecule has 1 unspecified atom stereocenters. The molecule has 2 aromatic carbocycles. The minimum Gasteiger partial charge on any atom is -0.207 e. The van der Waals surface area contributed by atoms with Crippen molar-refractivity contribution >= 4 is 10.0 Å². The van der Waals surface area contributed by atoms with Gasteiger partial charge >= 0.3 is 0 Å². The monoisotopic (exact) mass is 317 g/mol. The third-order valence-corrected chi connectivity index (χ3v) is 5.03. The van der Waals surface area contributed by atoms with Gasteiger partial charge in [-0.2, -0.15) is 0 Å². The average Bonchev–Trinajstić information content (AvgIpc) is 2.47. The van der Waals surface area contributed by atoms with Crippen molar-refractivity contribution in [1.82, 2.24) is 4.72 Å². The lowest BCUT2D eigenvalue weighted by molar-refractivity contribution is 0.472. The summed E-state index contributed by atoms with van der Waals surface area (Å²) in [5, 5.41) is 0. The van der Waals surface area contributed by atoms with Crippen molar-refractivity contribution in [3.05, 3.63) is 65.7 Å². The summed E-state index contributed by atoms with van der Waals surface area (Å²) in [6, 6.07) is 16.4. The summed E-state index contributed by atoms with van der Waals surface area (Å²) >= 11 is 0. The maximum Gasteiger partial charge on any atom is 0.241 e. The Morgan fingerprint density at radius 2 is 1.55 bits per heavy atom. The van der Waals surface area contributed by atoms with Crippen LogP contribution in [0.25, 0.3) is 0 Å². The number of benzene rings is 2. The van der Waals surface area contributed by atoms with E-state index in [4.69, 9.17) is 0 Å². The molecule has 0 aromatic heterocycles. The van der Waals surface area contributed by atoms with Crippen LogP contribution in [0.3, 0.4) is 0 Å². The number of hydrogen-bond donors (Lipinski definition) is 1. The highest BCUT2D eigenvalue weighted by Gasteiger charge is 2.22. The Morgan fingerprint density at radius 1 is 0.955 bits per heavy atom. The molecule has 0 radical (unpaired) electrons. The van der Waals surface area contributed by atoms with E-state index in [1.165, 1.54) is 0 Å². The number of hydrogen-bond acceptors (Lipinski definition) is 2. The molecule has 2 aromatic rings. The van der Waals surface area contributed by atoms with Gasteiger partial charge in [0, 0.05) is 6.04 Å². The zero-order valence-corrected chi connectivity index (χ0v) is 14.1. The van der Waals surface area contributed by atoms with Crippen molar-refractivity contribution in [2.24, 2.45) is 5.92 Å². The van der Waals surface area contributed by atoms with E-state index < -0.39 is 10.0 Å². The summed E-state index contributed by atoms with van der Waals surface area (Å²) in [6.07, 6.45) is 0.759. The van der Waals surface area contributed by atoms with Gasteiger partial charge in [0.15, 0.2) is 0 Å². The number of sulfonamides is 1. The van der Waals surface area contributed by atoms with Crippen LogP contribution in [0.15, 0.2) is 59.5 Å². The molecule has 0 bridgehead atoms. The van der Waals surface area contributed by atoms with E-state index in [1.54, 1.807) is 12.1 Å². The first-order chi connectivity index (χ1) is 10.4. The van der Waals surface area contributed by atoms with Crippen LogP contribution in [0.5, 0.6) is 0 Å². The van der Waals surface area contributed by atoms with Crippen molar-refractivity contribution in [2.75, 3.05) is 0 Å². The first kappa shape index (κ1) is 16.7. The molecular weight excluding hydrogens is 294 g/mol. The Labute approximate surface area is 133 Å². The van der Waals surface area contributed by atoms with Gasteiger partial charge in [0.25, 0.3) is 0 Å². The largest absolute Gasteiger partial charge is 0.241 e. The number of nitrogens with one attached hydrogen (secondary N) is 1. The summed E-state index contributed by atoms with van der Waals surface area (Å²) in [5.41, 5.74) is 2.03. The topological polar surface area (TPSA) is 46.2 Å². The molecule has 2 rings (SSSR count). The van der Waals surface area contributed by atoms with Gasteiger partial charge in [-0.25, -0.2) is 13.1 Å². The molecule has 118 valence electrons. The van der Waals surface area contributed by atoms with Crippen LogP contribution in [0.2, 0.25) is 0 Å². The molecule has 0 saturated heterocycles. The highest BCUT2D eigenvalue weighted by Crippen LogP contribution is 2.23. The van der Waals surface area contributed by atoms with E-state index in [9.17, 15) is 8.42 Å². The van der Waals surface area contributed by atoms with Crippen LogP contribution in [-0.4, -0.2) is 8.42 Å². The predicted molar refractivity (Wildman–Crippen MR) is 90.1 cm³/mol. The second-order valence-electron chi connectivity index (χ2n) is 6.03. The lowest BCUT2D eigenvalue weighted by Crippen LogP contribution is -2.29. The highest BCUT2D eigenvalue weighted by molar-refractivity contribution is 7.89. The maximum absolute atomic E-state index is 12.6. The summed E-state index contributed by atoms with van der Waals surface area (Å²) in [6.45, 7) is 6.13. The molecule has 4 heteroatoms. The van der Waals surface area contributed by atoms with E-state index in [-0.39, 0.29) is 6.04 Å².